The Hall–Kier alpha value is -1.08. The van der Waals surface area contributed by atoms with Crippen LogP contribution in [0.5, 0.6) is 0 Å². The van der Waals surface area contributed by atoms with Crippen LogP contribution < -0.4 is 0 Å². The second-order valence-corrected chi connectivity index (χ2v) is 5.79. The summed E-state index contributed by atoms with van der Waals surface area (Å²) < 4.78 is 1.80. The summed E-state index contributed by atoms with van der Waals surface area (Å²) >= 11 is 1.12. The third kappa shape index (κ3) is 3.99. The summed E-state index contributed by atoms with van der Waals surface area (Å²) in [6, 6.07) is 0. The largest absolute Gasteiger partial charge is 0.481 e. The number of nitrogens with zero attached hydrogens (tertiary/aromatic N) is 3. The van der Waals surface area contributed by atoms with Crippen LogP contribution in [0.1, 0.15) is 33.0 Å². The van der Waals surface area contributed by atoms with Crippen LogP contribution in [0.25, 0.3) is 0 Å². The molecule has 7 heteroatoms. The van der Waals surface area contributed by atoms with Gasteiger partial charge in [0.15, 0.2) is 11.0 Å². The lowest BCUT2D eigenvalue weighted by Gasteiger charge is -2.24. The van der Waals surface area contributed by atoms with E-state index in [0.29, 0.717) is 17.5 Å². The minimum absolute atomic E-state index is 0.0465. The van der Waals surface area contributed by atoms with E-state index >= 15 is 0 Å². The molecule has 0 saturated heterocycles. The van der Waals surface area contributed by atoms with Crippen molar-refractivity contribution in [1.82, 2.24) is 14.8 Å². The fraction of sp³-hybridized carbons (Fsp3) is 0.727. The minimum Gasteiger partial charge on any atom is -0.481 e. The Morgan fingerprint density at radius 2 is 2.11 bits per heavy atom. The maximum absolute atomic E-state index is 10.6. The number of hydrogen-bond donors (Lipinski definition) is 2. The van der Waals surface area contributed by atoms with Gasteiger partial charge in [-0.1, -0.05) is 32.5 Å². The highest BCUT2D eigenvalue weighted by Gasteiger charge is 2.21. The Kier molecular flexibility index (Phi) is 5.15. The first-order valence-electron chi connectivity index (χ1n) is 5.77. The van der Waals surface area contributed by atoms with Crippen LogP contribution in [0.4, 0.5) is 0 Å². The molecule has 0 unspecified atom stereocenters. The van der Waals surface area contributed by atoms with Crippen molar-refractivity contribution in [3.8, 4) is 0 Å². The third-order valence-corrected chi connectivity index (χ3v) is 3.75. The molecule has 0 aliphatic rings. The van der Waals surface area contributed by atoms with Crippen molar-refractivity contribution in [1.29, 1.82) is 0 Å². The zero-order valence-corrected chi connectivity index (χ0v) is 11.7. The van der Waals surface area contributed by atoms with Crippen LogP contribution in [-0.4, -0.2) is 36.7 Å². The van der Waals surface area contributed by atoms with Gasteiger partial charge in [-0.2, -0.15) is 0 Å². The van der Waals surface area contributed by atoms with Gasteiger partial charge in [0.1, 0.15) is 6.61 Å². The Bertz CT molecular complexity index is 418. The van der Waals surface area contributed by atoms with E-state index in [1.807, 2.05) is 0 Å². The fourth-order valence-corrected chi connectivity index (χ4v) is 2.04. The van der Waals surface area contributed by atoms with E-state index in [9.17, 15) is 9.90 Å². The van der Waals surface area contributed by atoms with E-state index in [2.05, 4.69) is 31.0 Å². The normalized spacial score (nSPS) is 11.8. The molecule has 1 aromatic rings. The predicted octanol–water partition coefficient (Wildman–Crippen LogP) is 1.38. The number of aliphatic hydroxyl groups is 1. The Labute approximate surface area is 110 Å². The Morgan fingerprint density at radius 1 is 1.44 bits per heavy atom. The minimum atomic E-state index is -0.894. The Morgan fingerprint density at radius 3 is 2.61 bits per heavy atom. The van der Waals surface area contributed by atoms with Crippen molar-refractivity contribution < 1.29 is 15.0 Å². The van der Waals surface area contributed by atoms with Crippen molar-refractivity contribution in [3.05, 3.63) is 5.82 Å². The molecule has 0 amide bonds. The second kappa shape index (κ2) is 6.19. The summed E-state index contributed by atoms with van der Waals surface area (Å²) in [4.78, 5) is 10.6. The standard InChI is InChI=1S/C11H19N3O3S/c1-4-11(2,3)7-14-8(5-15)12-13-10(14)18-6-9(16)17/h15H,4-7H2,1-3H3,(H,16,17). The van der Waals surface area contributed by atoms with Gasteiger partial charge in [0.25, 0.3) is 0 Å². The molecule has 18 heavy (non-hydrogen) atoms. The van der Waals surface area contributed by atoms with E-state index in [1.165, 1.54) is 0 Å². The number of aromatic nitrogens is 3. The maximum atomic E-state index is 10.6. The first kappa shape index (κ1) is 15.0. The average molecular weight is 273 g/mol. The SMILES string of the molecule is CCC(C)(C)Cn1c(CO)nnc1SCC(=O)O. The lowest BCUT2D eigenvalue weighted by molar-refractivity contribution is -0.133. The van der Waals surface area contributed by atoms with Gasteiger partial charge in [-0.25, -0.2) is 0 Å². The number of rotatable bonds is 7. The van der Waals surface area contributed by atoms with Crippen LogP contribution in [0.2, 0.25) is 0 Å². The van der Waals surface area contributed by atoms with E-state index < -0.39 is 5.97 Å². The zero-order chi connectivity index (χ0) is 13.8. The molecule has 1 rings (SSSR count). The van der Waals surface area contributed by atoms with Gasteiger partial charge in [0.2, 0.25) is 0 Å². The molecule has 0 radical (unpaired) electrons. The molecule has 0 fully saturated rings. The molecule has 0 atom stereocenters. The summed E-state index contributed by atoms with van der Waals surface area (Å²) in [5.74, 6) is -0.477. The smallest absolute Gasteiger partial charge is 0.313 e. The fourth-order valence-electron chi connectivity index (χ4n) is 1.37. The molecule has 6 nitrogen and oxygen atoms in total. The molecule has 0 aliphatic heterocycles. The van der Waals surface area contributed by atoms with Crippen molar-refractivity contribution in [3.63, 3.8) is 0 Å². The molecule has 0 bridgehead atoms. The second-order valence-electron chi connectivity index (χ2n) is 4.84. The molecular weight excluding hydrogens is 254 g/mol. The van der Waals surface area contributed by atoms with Crippen LogP contribution >= 0.6 is 11.8 Å². The van der Waals surface area contributed by atoms with E-state index in [1.54, 1.807) is 4.57 Å². The van der Waals surface area contributed by atoms with Crippen LogP contribution in [0.15, 0.2) is 5.16 Å². The van der Waals surface area contributed by atoms with Gasteiger partial charge in [-0.15, -0.1) is 10.2 Å². The molecule has 2 N–H and O–H groups in total. The molecule has 1 heterocycles. The van der Waals surface area contributed by atoms with E-state index in [-0.39, 0.29) is 17.8 Å². The van der Waals surface area contributed by atoms with Crippen LogP contribution in [0, 0.1) is 5.41 Å². The molecule has 0 aliphatic carbocycles. The third-order valence-electron chi connectivity index (χ3n) is 2.80. The van der Waals surface area contributed by atoms with E-state index in [0.717, 1.165) is 18.2 Å². The van der Waals surface area contributed by atoms with E-state index in [4.69, 9.17) is 5.11 Å². The van der Waals surface area contributed by atoms with Crippen LogP contribution in [0.3, 0.4) is 0 Å². The first-order valence-corrected chi connectivity index (χ1v) is 6.75. The van der Waals surface area contributed by atoms with Crippen LogP contribution in [-0.2, 0) is 17.9 Å². The molecular formula is C11H19N3O3S. The molecule has 1 aromatic heterocycles. The summed E-state index contributed by atoms with van der Waals surface area (Å²) in [6.45, 7) is 6.78. The highest BCUT2D eigenvalue weighted by atomic mass is 32.2. The number of hydrogen-bond acceptors (Lipinski definition) is 5. The number of aliphatic carboxylic acids is 1. The quantitative estimate of drug-likeness (QED) is 0.730. The average Bonchev–Trinajstić information content (AvgIpc) is 2.68. The van der Waals surface area contributed by atoms with Crippen molar-refractivity contribution in [2.24, 2.45) is 5.41 Å². The highest BCUT2D eigenvalue weighted by molar-refractivity contribution is 7.99. The van der Waals surface area contributed by atoms with Gasteiger partial charge in [-0.05, 0) is 11.8 Å². The molecule has 0 spiro atoms. The van der Waals surface area contributed by atoms with Gasteiger partial charge in [0, 0.05) is 6.54 Å². The van der Waals surface area contributed by atoms with Crippen molar-refractivity contribution in [2.75, 3.05) is 5.75 Å². The monoisotopic (exact) mass is 273 g/mol. The number of carboxylic acids is 1. The number of carbonyl (C=O) groups is 1. The van der Waals surface area contributed by atoms with Gasteiger partial charge in [0.05, 0.1) is 5.75 Å². The van der Waals surface area contributed by atoms with Crippen molar-refractivity contribution in [2.45, 2.75) is 45.5 Å². The van der Waals surface area contributed by atoms with Gasteiger partial charge >= 0.3 is 5.97 Å². The number of aliphatic hydroxyl groups excluding tert-OH is 1. The first-order chi connectivity index (χ1) is 8.39. The topological polar surface area (TPSA) is 88.2 Å². The molecule has 0 aromatic carbocycles. The predicted molar refractivity (Wildman–Crippen MR) is 68.4 cm³/mol. The molecule has 0 saturated carbocycles. The summed E-state index contributed by atoms with van der Waals surface area (Å²) in [5.41, 5.74) is 0.0465. The van der Waals surface area contributed by atoms with Gasteiger partial charge in [-0.3, -0.25) is 4.79 Å². The maximum Gasteiger partial charge on any atom is 0.313 e. The number of thioether (sulfide) groups is 1. The van der Waals surface area contributed by atoms with Crippen molar-refractivity contribution >= 4 is 17.7 Å². The van der Waals surface area contributed by atoms with Gasteiger partial charge < -0.3 is 14.8 Å². The lowest BCUT2D eigenvalue weighted by Crippen LogP contribution is -2.21. The zero-order valence-electron chi connectivity index (χ0n) is 10.9. The Balaban J connectivity index is 2.91. The number of carboxylic acid groups (broad SMARTS) is 1. The highest BCUT2D eigenvalue weighted by Crippen LogP contribution is 2.26. The lowest BCUT2D eigenvalue weighted by atomic mass is 9.90. The summed E-state index contributed by atoms with van der Waals surface area (Å²) in [5, 5.41) is 26.3. The molecule has 102 valence electrons. The summed E-state index contributed by atoms with van der Waals surface area (Å²) in [7, 11) is 0. The summed E-state index contributed by atoms with van der Waals surface area (Å²) in [6.07, 6.45) is 0.971.